The molecule has 0 spiro atoms. The lowest BCUT2D eigenvalue weighted by Gasteiger charge is -2.01. The number of carbonyl (C=O) groups is 1. The summed E-state index contributed by atoms with van der Waals surface area (Å²) >= 11 is 5.57. The molecule has 2 rings (SSSR count). The third-order valence-electron chi connectivity index (χ3n) is 1.93. The molecule has 0 aliphatic carbocycles. The van der Waals surface area contributed by atoms with E-state index in [2.05, 4.69) is 15.3 Å². The Kier molecular flexibility index (Phi) is 2.87. The van der Waals surface area contributed by atoms with Gasteiger partial charge in [0.2, 0.25) is 0 Å². The van der Waals surface area contributed by atoms with E-state index in [0.29, 0.717) is 5.82 Å². The van der Waals surface area contributed by atoms with Crippen LogP contribution in [0.25, 0.3) is 0 Å². The van der Waals surface area contributed by atoms with Crippen LogP contribution in [0.1, 0.15) is 16.1 Å². The molecule has 1 N–H and O–H groups in total. The van der Waals surface area contributed by atoms with Gasteiger partial charge in [0.25, 0.3) is 5.91 Å². The fourth-order valence-corrected chi connectivity index (χ4v) is 1.25. The lowest BCUT2D eigenvalue weighted by molar-refractivity contribution is 0.0995. The highest BCUT2D eigenvalue weighted by molar-refractivity contribution is 6.29. The highest BCUT2D eigenvalue weighted by Gasteiger charge is 2.13. The molecule has 6 heteroatoms. The normalized spacial score (nSPS) is 10.1. The van der Waals surface area contributed by atoms with Crippen molar-refractivity contribution in [3.63, 3.8) is 0 Å². The average Bonchev–Trinajstić information content (AvgIpc) is 2.68. The number of aromatic nitrogens is 2. The van der Waals surface area contributed by atoms with Crippen LogP contribution in [0.5, 0.6) is 0 Å². The van der Waals surface area contributed by atoms with Gasteiger partial charge in [0.05, 0.1) is 18.7 Å². The van der Waals surface area contributed by atoms with E-state index in [1.165, 1.54) is 18.7 Å². The van der Waals surface area contributed by atoms with E-state index in [1.54, 1.807) is 13.0 Å². The van der Waals surface area contributed by atoms with Crippen LogP contribution in [0.15, 0.2) is 29.1 Å². The standard InChI is InChI=1S/C10H8ClN3O2/c1-6-2-3-16-9(6)10(15)14-8-5-12-7(11)4-13-8/h2-5H,1H3,(H,13,14,15). The molecule has 2 aromatic heterocycles. The molecule has 2 heterocycles. The third-order valence-corrected chi connectivity index (χ3v) is 2.13. The molecular formula is C10H8ClN3O2. The Morgan fingerprint density at radius 3 is 2.81 bits per heavy atom. The number of rotatable bonds is 2. The van der Waals surface area contributed by atoms with Crippen molar-refractivity contribution in [3.05, 3.63) is 41.2 Å². The van der Waals surface area contributed by atoms with Crippen molar-refractivity contribution in [1.29, 1.82) is 0 Å². The summed E-state index contributed by atoms with van der Waals surface area (Å²) in [6.07, 6.45) is 4.18. The summed E-state index contributed by atoms with van der Waals surface area (Å²) in [4.78, 5) is 19.4. The number of nitrogens with one attached hydrogen (secondary N) is 1. The number of halogens is 1. The number of hydrogen-bond acceptors (Lipinski definition) is 4. The molecule has 0 aliphatic rings. The summed E-state index contributed by atoms with van der Waals surface area (Å²) in [6, 6.07) is 1.71. The Morgan fingerprint density at radius 2 is 2.25 bits per heavy atom. The van der Waals surface area contributed by atoms with Crippen molar-refractivity contribution in [2.24, 2.45) is 0 Å². The van der Waals surface area contributed by atoms with Crippen LogP contribution in [0.3, 0.4) is 0 Å². The Morgan fingerprint density at radius 1 is 1.44 bits per heavy atom. The predicted molar refractivity (Wildman–Crippen MR) is 58.4 cm³/mol. The average molecular weight is 238 g/mol. The van der Waals surface area contributed by atoms with E-state index < -0.39 is 0 Å². The zero-order chi connectivity index (χ0) is 11.5. The van der Waals surface area contributed by atoms with Gasteiger partial charge in [-0.3, -0.25) is 4.79 Å². The minimum absolute atomic E-state index is 0.261. The minimum Gasteiger partial charge on any atom is -0.459 e. The smallest absolute Gasteiger partial charge is 0.292 e. The van der Waals surface area contributed by atoms with Crippen LogP contribution in [-0.4, -0.2) is 15.9 Å². The van der Waals surface area contributed by atoms with Crippen LogP contribution < -0.4 is 5.32 Å². The van der Waals surface area contributed by atoms with Crippen LogP contribution in [0, 0.1) is 6.92 Å². The van der Waals surface area contributed by atoms with Crippen LogP contribution >= 0.6 is 11.6 Å². The van der Waals surface area contributed by atoms with E-state index in [1.807, 2.05) is 0 Å². The molecule has 0 saturated carbocycles. The molecule has 5 nitrogen and oxygen atoms in total. The maximum atomic E-state index is 11.7. The summed E-state index contributed by atoms with van der Waals surface area (Å²) in [5.74, 6) is 0.223. The van der Waals surface area contributed by atoms with Crippen molar-refractivity contribution in [3.8, 4) is 0 Å². The lowest BCUT2D eigenvalue weighted by Crippen LogP contribution is -2.13. The SMILES string of the molecule is Cc1ccoc1C(=O)Nc1cnc(Cl)cn1. The van der Waals surface area contributed by atoms with E-state index >= 15 is 0 Å². The second-order valence-electron chi connectivity index (χ2n) is 3.11. The molecule has 0 fully saturated rings. The number of nitrogens with zero attached hydrogens (tertiary/aromatic N) is 2. The lowest BCUT2D eigenvalue weighted by atomic mass is 10.3. The second kappa shape index (κ2) is 4.32. The predicted octanol–water partition coefficient (Wildman–Crippen LogP) is 2.28. The number of furan rings is 1. The van der Waals surface area contributed by atoms with Gasteiger partial charge in [0, 0.05) is 5.56 Å². The first-order valence-electron chi connectivity index (χ1n) is 4.50. The maximum Gasteiger partial charge on any atom is 0.292 e. The molecular weight excluding hydrogens is 230 g/mol. The second-order valence-corrected chi connectivity index (χ2v) is 3.50. The van der Waals surface area contributed by atoms with Gasteiger partial charge >= 0.3 is 0 Å². The van der Waals surface area contributed by atoms with Gasteiger partial charge in [-0.2, -0.15) is 0 Å². The molecule has 16 heavy (non-hydrogen) atoms. The molecule has 0 aromatic carbocycles. The quantitative estimate of drug-likeness (QED) is 0.870. The molecule has 0 aliphatic heterocycles. The Balaban J connectivity index is 2.14. The Labute approximate surface area is 96.5 Å². The molecule has 0 bridgehead atoms. The molecule has 82 valence electrons. The van der Waals surface area contributed by atoms with E-state index in [4.69, 9.17) is 16.0 Å². The largest absolute Gasteiger partial charge is 0.459 e. The number of amides is 1. The molecule has 0 unspecified atom stereocenters. The monoisotopic (exact) mass is 237 g/mol. The highest BCUT2D eigenvalue weighted by atomic mass is 35.5. The van der Waals surface area contributed by atoms with Gasteiger partial charge in [-0.15, -0.1) is 0 Å². The first-order valence-corrected chi connectivity index (χ1v) is 4.87. The molecule has 0 atom stereocenters. The summed E-state index contributed by atoms with van der Waals surface area (Å²) in [5.41, 5.74) is 0.763. The minimum atomic E-state index is -0.362. The first-order chi connectivity index (χ1) is 7.66. The van der Waals surface area contributed by atoms with Gasteiger partial charge in [0.1, 0.15) is 5.15 Å². The molecule has 0 saturated heterocycles. The van der Waals surface area contributed by atoms with Crippen molar-refractivity contribution < 1.29 is 9.21 Å². The zero-order valence-electron chi connectivity index (χ0n) is 8.40. The van der Waals surface area contributed by atoms with Gasteiger partial charge in [-0.05, 0) is 13.0 Å². The molecule has 1 amide bonds. The van der Waals surface area contributed by atoms with E-state index in [0.717, 1.165) is 5.56 Å². The maximum absolute atomic E-state index is 11.7. The first kappa shape index (κ1) is 10.6. The summed E-state index contributed by atoms with van der Waals surface area (Å²) in [6.45, 7) is 1.78. The topological polar surface area (TPSA) is 68.0 Å². The van der Waals surface area contributed by atoms with Gasteiger partial charge in [0.15, 0.2) is 11.6 Å². The van der Waals surface area contributed by atoms with Crippen molar-refractivity contribution >= 4 is 23.3 Å². The number of anilines is 1. The Hall–Kier alpha value is -1.88. The van der Waals surface area contributed by atoms with Crippen LogP contribution in [-0.2, 0) is 0 Å². The van der Waals surface area contributed by atoms with E-state index in [9.17, 15) is 4.79 Å². The van der Waals surface area contributed by atoms with Crippen molar-refractivity contribution in [1.82, 2.24) is 9.97 Å². The molecule has 0 radical (unpaired) electrons. The molecule has 2 aromatic rings. The number of aryl methyl sites for hydroxylation is 1. The van der Waals surface area contributed by atoms with Gasteiger partial charge in [-0.25, -0.2) is 9.97 Å². The summed E-state index contributed by atoms with van der Waals surface area (Å²) < 4.78 is 5.04. The zero-order valence-corrected chi connectivity index (χ0v) is 9.15. The van der Waals surface area contributed by atoms with Crippen molar-refractivity contribution in [2.45, 2.75) is 6.92 Å². The van der Waals surface area contributed by atoms with E-state index in [-0.39, 0.29) is 16.8 Å². The number of hydrogen-bond donors (Lipinski definition) is 1. The van der Waals surface area contributed by atoms with Gasteiger partial charge < -0.3 is 9.73 Å². The fourth-order valence-electron chi connectivity index (χ4n) is 1.16. The third kappa shape index (κ3) is 2.20. The Bertz CT molecular complexity index is 507. The number of carbonyl (C=O) groups excluding carboxylic acids is 1. The van der Waals surface area contributed by atoms with Crippen molar-refractivity contribution in [2.75, 3.05) is 5.32 Å². The van der Waals surface area contributed by atoms with Crippen LogP contribution in [0.2, 0.25) is 5.15 Å². The van der Waals surface area contributed by atoms with Crippen LogP contribution in [0.4, 0.5) is 5.82 Å². The highest BCUT2D eigenvalue weighted by Crippen LogP contribution is 2.11. The van der Waals surface area contributed by atoms with Gasteiger partial charge in [-0.1, -0.05) is 11.6 Å². The fraction of sp³-hybridized carbons (Fsp3) is 0.100. The summed E-state index contributed by atoms with van der Waals surface area (Å²) in [7, 11) is 0. The summed E-state index contributed by atoms with van der Waals surface area (Å²) in [5, 5.41) is 2.82.